The highest BCUT2D eigenvalue weighted by molar-refractivity contribution is 7.98. The summed E-state index contributed by atoms with van der Waals surface area (Å²) in [6, 6.07) is 16.4. The highest BCUT2D eigenvalue weighted by Gasteiger charge is 2.29. The van der Waals surface area contributed by atoms with Crippen molar-refractivity contribution in [3.05, 3.63) is 77.6 Å². The average Bonchev–Trinajstić information content (AvgIpc) is 3.46. The van der Waals surface area contributed by atoms with E-state index >= 15 is 0 Å². The van der Waals surface area contributed by atoms with Gasteiger partial charge in [0.1, 0.15) is 11.6 Å². The van der Waals surface area contributed by atoms with E-state index < -0.39 is 0 Å². The first kappa shape index (κ1) is 22.5. The number of imidazole rings is 1. The predicted molar refractivity (Wildman–Crippen MR) is 127 cm³/mol. The maximum atomic E-state index is 15.0. The number of halogens is 1. The minimum absolute atomic E-state index is 0. The Morgan fingerprint density at radius 3 is 2.56 bits per heavy atom. The summed E-state index contributed by atoms with van der Waals surface area (Å²) in [5.74, 6) is 1.41. The molecule has 1 fully saturated rings. The van der Waals surface area contributed by atoms with E-state index in [1.165, 1.54) is 23.3 Å². The molecule has 0 spiro atoms. The fraction of sp³-hybridized carbons (Fsp3) is 0.280. The van der Waals surface area contributed by atoms with Crippen LogP contribution in [0, 0.1) is 5.82 Å². The summed E-state index contributed by atoms with van der Waals surface area (Å²) in [5.41, 5.74) is 5.62. The van der Waals surface area contributed by atoms with E-state index in [1.807, 2.05) is 18.3 Å². The van der Waals surface area contributed by atoms with Gasteiger partial charge in [-0.15, -0.1) is 11.8 Å². The van der Waals surface area contributed by atoms with E-state index in [-0.39, 0.29) is 22.8 Å². The van der Waals surface area contributed by atoms with Crippen molar-refractivity contribution < 1.29 is 15.3 Å². The second-order valence-corrected chi connectivity index (χ2v) is 9.11. The molecule has 2 aliphatic rings. The van der Waals surface area contributed by atoms with Crippen LogP contribution in [-0.4, -0.2) is 31.7 Å². The Morgan fingerprint density at radius 1 is 1.03 bits per heavy atom. The van der Waals surface area contributed by atoms with E-state index in [0.717, 1.165) is 41.0 Å². The van der Waals surface area contributed by atoms with Crippen LogP contribution in [0.5, 0.6) is 0 Å². The standard InChI is InChI=1S/C25H22FN3S.2H2O/c1-30-24-5-3-2-4-17(24)22-10-11-25-28-21-13-19(26)18(12-23(21)29(22)25)16-8-9-20(27-14-16)15-6-7-15;;/h2-5,8-9,12-15,22H,6-7,10-11H2,1H3;2*1H2/t22-;;/m1../s1. The topological polar surface area (TPSA) is 93.7 Å². The number of benzene rings is 2. The third-order valence-electron chi connectivity index (χ3n) is 6.40. The molecule has 1 saturated carbocycles. The lowest BCUT2D eigenvalue weighted by atomic mass is 10.0. The van der Waals surface area contributed by atoms with Gasteiger partial charge in [0.15, 0.2) is 0 Å². The molecular formula is C25H26FN3O2S. The van der Waals surface area contributed by atoms with E-state index in [9.17, 15) is 4.39 Å². The highest BCUT2D eigenvalue weighted by Crippen LogP contribution is 2.41. The zero-order valence-electron chi connectivity index (χ0n) is 17.8. The summed E-state index contributed by atoms with van der Waals surface area (Å²) < 4.78 is 17.3. The number of hydrogen-bond donors (Lipinski definition) is 0. The van der Waals surface area contributed by atoms with Crippen LogP contribution in [0.4, 0.5) is 4.39 Å². The predicted octanol–water partition coefficient (Wildman–Crippen LogP) is 4.72. The minimum atomic E-state index is -0.235. The van der Waals surface area contributed by atoms with Crippen LogP contribution in [-0.2, 0) is 6.42 Å². The molecule has 1 aliphatic carbocycles. The molecule has 1 atom stereocenters. The Hall–Kier alpha value is -2.74. The van der Waals surface area contributed by atoms with Crippen LogP contribution in [0.3, 0.4) is 0 Å². The van der Waals surface area contributed by atoms with Gasteiger partial charge in [-0.1, -0.05) is 24.3 Å². The number of thioether (sulfide) groups is 1. The molecule has 166 valence electrons. The van der Waals surface area contributed by atoms with Crippen molar-refractivity contribution in [2.75, 3.05) is 6.26 Å². The third-order valence-corrected chi connectivity index (χ3v) is 7.21. The van der Waals surface area contributed by atoms with Crippen LogP contribution in [0.15, 0.2) is 59.6 Å². The second kappa shape index (κ2) is 8.65. The number of aromatic nitrogens is 3. The first-order chi connectivity index (χ1) is 14.7. The number of rotatable bonds is 4. The maximum absolute atomic E-state index is 15.0. The Morgan fingerprint density at radius 2 is 1.84 bits per heavy atom. The molecule has 0 amide bonds. The van der Waals surface area contributed by atoms with Gasteiger partial charge in [-0.2, -0.15) is 0 Å². The van der Waals surface area contributed by atoms with Crippen LogP contribution < -0.4 is 0 Å². The SMILES string of the molecule is CSc1ccccc1[C@H]1CCc2nc3cc(F)c(-c4ccc(C5CC5)nc4)cc3n21.O.O. The number of aryl methyl sites for hydroxylation is 1. The molecule has 1 aliphatic heterocycles. The zero-order valence-corrected chi connectivity index (χ0v) is 18.6. The Labute approximate surface area is 190 Å². The van der Waals surface area contributed by atoms with Gasteiger partial charge in [0.2, 0.25) is 0 Å². The highest BCUT2D eigenvalue weighted by atomic mass is 32.2. The number of pyridine rings is 1. The zero-order chi connectivity index (χ0) is 20.2. The van der Waals surface area contributed by atoms with Gasteiger partial charge in [0, 0.05) is 46.3 Å². The minimum Gasteiger partial charge on any atom is -0.412 e. The fourth-order valence-corrected chi connectivity index (χ4v) is 5.38. The van der Waals surface area contributed by atoms with Gasteiger partial charge in [-0.25, -0.2) is 9.37 Å². The Balaban J connectivity index is 0.00000122. The van der Waals surface area contributed by atoms with Gasteiger partial charge in [0.25, 0.3) is 0 Å². The smallest absolute Gasteiger partial charge is 0.133 e. The number of nitrogens with zero attached hydrogens (tertiary/aromatic N) is 3. The van der Waals surface area contributed by atoms with Crippen molar-refractivity contribution in [3.63, 3.8) is 0 Å². The molecule has 2 aromatic heterocycles. The van der Waals surface area contributed by atoms with Crippen LogP contribution in [0.25, 0.3) is 22.2 Å². The van der Waals surface area contributed by atoms with Crippen molar-refractivity contribution in [2.45, 2.75) is 42.5 Å². The summed E-state index contributed by atoms with van der Waals surface area (Å²) in [6.07, 6.45) is 8.31. The molecule has 6 rings (SSSR count). The monoisotopic (exact) mass is 451 g/mol. The summed E-state index contributed by atoms with van der Waals surface area (Å²) >= 11 is 1.77. The van der Waals surface area contributed by atoms with Crippen molar-refractivity contribution in [3.8, 4) is 11.1 Å². The summed E-state index contributed by atoms with van der Waals surface area (Å²) in [5, 5.41) is 0. The van der Waals surface area contributed by atoms with Crippen molar-refractivity contribution in [1.82, 2.24) is 14.5 Å². The van der Waals surface area contributed by atoms with Crippen LogP contribution in [0.2, 0.25) is 0 Å². The molecule has 3 heterocycles. The molecule has 0 unspecified atom stereocenters. The molecule has 2 aromatic carbocycles. The molecular weight excluding hydrogens is 425 g/mol. The van der Waals surface area contributed by atoms with Gasteiger partial charge in [0.05, 0.1) is 17.1 Å². The molecule has 0 bridgehead atoms. The van der Waals surface area contributed by atoms with Gasteiger partial charge >= 0.3 is 0 Å². The average molecular weight is 452 g/mol. The van der Waals surface area contributed by atoms with Crippen molar-refractivity contribution in [2.24, 2.45) is 0 Å². The first-order valence-electron chi connectivity index (χ1n) is 10.5. The van der Waals surface area contributed by atoms with Gasteiger partial charge < -0.3 is 15.5 Å². The number of fused-ring (bicyclic) bond motifs is 3. The summed E-state index contributed by atoms with van der Waals surface area (Å²) in [6.45, 7) is 0. The van der Waals surface area contributed by atoms with Crippen molar-refractivity contribution >= 4 is 22.8 Å². The molecule has 7 heteroatoms. The molecule has 4 N–H and O–H groups in total. The Bertz CT molecular complexity index is 1270. The molecule has 32 heavy (non-hydrogen) atoms. The lowest BCUT2D eigenvalue weighted by Gasteiger charge is -2.18. The molecule has 0 saturated heterocycles. The third kappa shape index (κ3) is 3.60. The van der Waals surface area contributed by atoms with Crippen LogP contribution >= 0.6 is 11.8 Å². The van der Waals surface area contributed by atoms with E-state index in [0.29, 0.717) is 11.5 Å². The second-order valence-electron chi connectivity index (χ2n) is 8.26. The maximum Gasteiger partial charge on any atom is 0.133 e. The summed E-state index contributed by atoms with van der Waals surface area (Å²) in [7, 11) is 0. The molecule has 5 nitrogen and oxygen atoms in total. The number of hydrogen-bond acceptors (Lipinski definition) is 3. The van der Waals surface area contributed by atoms with E-state index in [2.05, 4.69) is 46.1 Å². The molecule has 0 radical (unpaired) electrons. The van der Waals surface area contributed by atoms with Crippen molar-refractivity contribution in [1.29, 1.82) is 0 Å². The summed E-state index contributed by atoms with van der Waals surface area (Å²) in [4.78, 5) is 10.6. The lowest BCUT2D eigenvalue weighted by molar-refractivity contribution is 0.622. The molecule has 4 aromatic rings. The quantitative estimate of drug-likeness (QED) is 0.420. The normalized spacial score (nSPS) is 17.0. The lowest BCUT2D eigenvalue weighted by Crippen LogP contribution is -2.07. The van der Waals surface area contributed by atoms with E-state index in [4.69, 9.17) is 4.98 Å². The van der Waals surface area contributed by atoms with E-state index in [1.54, 1.807) is 17.8 Å². The Kier molecular flexibility index (Phi) is 6.07. The van der Waals surface area contributed by atoms with Gasteiger partial charge in [-0.05, 0) is 49.3 Å². The van der Waals surface area contributed by atoms with Gasteiger partial charge in [-0.3, -0.25) is 4.98 Å². The first-order valence-corrected chi connectivity index (χ1v) is 11.7. The van der Waals surface area contributed by atoms with Crippen LogP contribution in [0.1, 0.15) is 48.3 Å². The largest absolute Gasteiger partial charge is 0.412 e. The fourth-order valence-electron chi connectivity index (χ4n) is 4.73.